The molecule has 1 aliphatic carbocycles. The molecule has 0 atom stereocenters. The molecule has 0 radical (unpaired) electrons. The molecule has 1 fully saturated rings. The van der Waals surface area contributed by atoms with Crippen LogP contribution in [-0.4, -0.2) is 41.1 Å². The molecule has 0 spiro atoms. The van der Waals surface area contributed by atoms with Crippen LogP contribution in [0.1, 0.15) is 45.4 Å². The number of rotatable bonds is 7. The number of halogens is 6. The number of hydrogen-bond donors (Lipinski definition) is 0. The Morgan fingerprint density at radius 2 is 1.06 bits per heavy atom. The van der Waals surface area contributed by atoms with Crippen LogP contribution in [0.3, 0.4) is 0 Å². The van der Waals surface area contributed by atoms with Gasteiger partial charge in [0.25, 0.3) is 0 Å². The Kier molecular flexibility index (Phi) is 9.56. The lowest BCUT2D eigenvalue weighted by molar-refractivity contribution is -0.0504. The molecule has 1 saturated carbocycles. The van der Waals surface area contributed by atoms with Crippen molar-refractivity contribution < 1.29 is 61.0 Å². The summed E-state index contributed by atoms with van der Waals surface area (Å²) in [6.07, 6.45) is 6.29. The van der Waals surface area contributed by atoms with Gasteiger partial charge in [0.1, 0.15) is 23.0 Å². The molecule has 270 valence electrons. The summed E-state index contributed by atoms with van der Waals surface area (Å²) in [6.45, 7) is 2.55. The van der Waals surface area contributed by atoms with Crippen LogP contribution in [-0.2, 0) is 20.2 Å². The van der Waals surface area contributed by atoms with Gasteiger partial charge < -0.3 is 17.8 Å². The maximum Gasteiger partial charge on any atom is 0.534 e. The zero-order valence-corrected chi connectivity index (χ0v) is 28.1. The average Bonchev–Trinajstić information content (AvgIpc) is 3.12. The largest absolute Gasteiger partial charge is 0.534 e. The van der Waals surface area contributed by atoms with E-state index in [2.05, 4.69) is 15.3 Å². The van der Waals surface area contributed by atoms with E-state index in [1.165, 1.54) is 12.1 Å². The van der Waals surface area contributed by atoms with Gasteiger partial charge in [0.05, 0.1) is 13.2 Å². The van der Waals surface area contributed by atoms with Gasteiger partial charge in [-0.1, -0.05) is 56.9 Å². The summed E-state index contributed by atoms with van der Waals surface area (Å²) in [4.78, 5) is 0. The topological polar surface area (TPSA) is 105 Å². The maximum absolute atomic E-state index is 13.2. The molecule has 1 heterocycles. The third-order valence-corrected chi connectivity index (χ3v) is 11.3. The van der Waals surface area contributed by atoms with Crippen LogP contribution >= 0.6 is 0 Å². The second-order valence-electron chi connectivity index (χ2n) is 12.6. The Labute approximate surface area is 284 Å². The van der Waals surface area contributed by atoms with Crippen molar-refractivity contribution in [3.8, 4) is 34.1 Å². The highest BCUT2D eigenvalue weighted by Crippen LogP contribution is 2.49. The van der Waals surface area contributed by atoms with Gasteiger partial charge in [-0.15, -0.1) is 0 Å². The Morgan fingerprint density at radius 1 is 0.640 bits per heavy atom. The van der Waals surface area contributed by atoms with Gasteiger partial charge in [-0.2, -0.15) is 43.2 Å². The molecule has 1 aliphatic heterocycles. The van der Waals surface area contributed by atoms with E-state index in [0.29, 0.717) is 16.7 Å². The lowest BCUT2D eigenvalue weighted by Crippen LogP contribution is -2.30. The highest BCUT2D eigenvalue weighted by atomic mass is 32.2. The minimum atomic E-state index is -6.04. The van der Waals surface area contributed by atoms with Crippen molar-refractivity contribution in [2.24, 2.45) is 17.8 Å². The van der Waals surface area contributed by atoms with Gasteiger partial charge in [-0.05, 0) is 82.6 Å². The number of fused-ring (bicyclic) bond motifs is 7. The molecule has 0 amide bonds. The zero-order chi connectivity index (χ0) is 36.1. The van der Waals surface area contributed by atoms with E-state index in [0.717, 1.165) is 62.8 Å². The molecule has 0 N–H and O–H groups in total. The molecule has 16 heteroatoms. The van der Waals surface area contributed by atoms with E-state index in [1.807, 2.05) is 0 Å². The quantitative estimate of drug-likeness (QED) is 0.105. The van der Waals surface area contributed by atoms with Crippen molar-refractivity contribution in [3.05, 3.63) is 60.7 Å². The minimum Gasteiger partial charge on any atom is -0.492 e. The summed E-state index contributed by atoms with van der Waals surface area (Å²) in [5.74, 6) is -0.0440. The Balaban J connectivity index is 1.53. The van der Waals surface area contributed by atoms with Gasteiger partial charge in [0.15, 0.2) is 0 Å². The van der Waals surface area contributed by atoms with Crippen LogP contribution in [0.15, 0.2) is 60.7 Å². The summed E-state index contributed by atoms with van der Waals surface area (Å²) in [5, 5.41) is 1.18. The standard InChI is InChI=1S/C34H32F6O8S2/c1-2-3-20-4-6-21(7-5-20)24-18-45-29-14-10-22-8-12-25(47-49(41,42)33(35,36)37)16-27(22)31(29)32-28-17-26(48-50(43,44)34(38,39)40)13-9-23(28)11-15-30(32)46-19-24/h8-17,20-21,24H,2-7,18-19H2,1H3. The Morgan fingerprint density at radius 3 is 1.46 bits per heavy atom. The summed E-state index contributed by atoms with van der Waals surface area (Å²) < 4.78 is 149. The molecule has 2 aliphatic rings. The van der Waals surface area contributed by atoms with E-state index < -0.39 is 42.8 Å². The molecule has 0 saturated heterocycles. The first-order valence-corrected chi connectivity index (χ1v) is 18.7. The number of benzene rings is 4. The summed E-state index contributed by atoms with van der Waals surface area (Å²) in [7, 11) is -12.1. The first-order valence-electron chi connectivity index (χ1n) is 15.9. The van der Waals surface area contributed by atoms with Crippen molar-refractivity contribution in [2.75, 3.05) is 13.2 Å². The van der Waals surface area contributed by atoms with Gasteiger partial charge in [-0.3, -0.25) is 0 Å². The van der Waals surface area contributed by atoms with Crippen LogP contribution in [0.4, 0.5) is 26.3 Å². The number of alkyl halides is 6. The fourth-order valence-corrected chi connectivity index (χ4v) is 7.74. The highest BCUT2D eigenvalue weighted by Gasteiger charge is 2.49. The van der Waals surface area contributed by atoms with Crippen LogP contribution in [0.2, 0.25) is 0 Å². The molecule has 50 heavy (non-hydrogen) atoms. The van der Waals surface area contributed by atoms with Crippen molar-refractivity contribution in [3.63, 3.8) is 0 Å². The van der Waals surface area contributed by atoms with E-state index >= 15 is 0 Å². The van der Waals surface area contributed by atoms with Crippen LogP contribution in [0.5, 0.6) is 23.0 Å². The van der Waals surface area contributed by atoms with Crippen LogP contribution in [0, 0.1) is 17.8 Å². The third kappa shape index (κ3) is 7.13. The second-order valence-corrected chi connectivity index (χ2v) is 15.6. The first kappa shape index (κ1) is 35.9. The molecule has 0 aromatic heterocycles. The molecular formula is C34H32F6O8S2. The normalized spacial score (nSPS) is 19.3. The van der Waals surface area contributed by atoms with E-state index in [4.69, 9.17) is 9.47 Å². The molecule has 6 rings (SSSR count). The smallest absolute Gasteiger partial charge is 0.492 e. The third-order valence-electron chi connectivity index (χ3n) is 9.30. The summed E-state index contributed by atoms with van der Waals surface area (Å²) in [6, 6.07) is 13.5. The van der Waals surface area contributed by atoms with Crippen LogP contribution < -0.4 is 17.8 Å². The van der Waals surface area contributed by atoms with Crippen molar-refractivity contribution in [2.45, 2.75) is 56.5 Å². The van der Waals surface area contributed by atoms with Gasteiger partial charge in [-0.25, -0.2) is 0 Å². The number of hydrogen-bond acceptors (Lipinski definition) is 8. The molecule has 4 aromatic rings. The summed E-state index contributed by atoms with van der Waals surface area (Å²) >= 11 is 0. The van der Waals surface area contributed by atoms with Crippen LogP contribution in [0.25, 0.3) is 32.7 Å². The van der Waals surface area contributed by atoms with E-state index in [-0.39, 0.29) is 58.4 Å². The molecular weight excluding hydrogens is 714 g/mol. The van der Waals surface area contributed by atoms with Gasteiger partial charge in [0.2, 0.25) is 0 Å². The highest BCUT2D eigenvalue weighted by molar-refractivity contribution is 7.88. The predicted octanol–water partition coefficient (Wildman–Crippen LogP) is 9.11. The maximum atomic E-state index is 13.2. The average molecular weight is 747 g/mol. The molecule has 0 unspecified atom stereocenters. The fourth-order valence-electron chi connectivity index (χ4n) is 6.84. The summed E-state index contributed by atoms with van der Waals surface area (Å²) in [5.41, 5.74) is -11.0. The van der Waals surface area contributed by atoms with E-state index in [1.54, 1.807) is 24.3 Å². The molecule has 0 bridgehead atoms. The van der Waals surface area contributed by atoms with Gasteiger partial charge >= 0.3 is 31.3 Å². The van der Waals surface area contributed by atoms with Crippen molar-refractivity contribution in [1.82, 2.24) is 0 Å². The first-order chi connectivity index (χ1) is 23.5. The predicted molar refractivity (Wildman–Crippen MR) is 173 cm³/mol. The number of ether oxygens (including phenoxy) is 2. The van der Waals surface area contributed by atoms with Gasteiger partial charge in [0, 0.05) is 17.0 Å². The lowest BCUT2D eigenvalue weighted by Gasteiger charge is -2.33. The molecule has 8 nitrogen and oxygen atoms in total. The van der Waals surface area contributed by atoms with Crippen molar-refractivity contribution in [1.29, 1.82) is 0 Å². The lowest BCUT2D eigenvalue weighted by atomic mass is 9.75. The monoisotopic (exact) mass is 746 g/mol. The van der Waals surface area contributed by atoms with Crippen molar-refractivity contribution >= 4 is 41.8 Å². The molecule has 4 aromatic carbocycles. The minimum absolute atomic E-state index is 0.0824. The zero-order valence-electron chi connectivity index (χ0n) is 26.5. The Hall–Kier alpha value is -3.92. The Bertz CT molecular complexity index is 1980. The second kappa shape index (κ2) is 13.3. The van der Waals surface area contributed by atoms with E-state index in [9.17, 15) is 43.2 Å². The fraction of sp³-hybridized carbons (Fsp3) is 0.412. The SMILES string of the molecule is CCCC1CCC(C2COc3ccc4ccc(OS(=O)(=O)C(F)(F)F)cc4c3-c3c(ccc4ccc(OS(=O)(=O)C(F)(F)F)cc34)OC2)CC1.